The van der Waals surface area contributed by atoms with Crippen molar-refractivity contribution in [2.24, 2.45) is 0 Å². The van der Waals surface area contributed by atoms with Gasteiger partial charge in [0.05, 0.1) is 15.6 Å². The highest BCUT2D eigenvalue weighted by Crippen LogP contribution is 2.38. The Hall–Kier alpha value is -1.66. The number of amides is 1. The summed E-state index contributed by atoms with van der Waals surface area (Å²) in [6.45, 7) is 0. The van der Waals surface area contributed by atoms with Gasteiger partial charge in [0.2, 0.25) is 0 Å². The molecule has 0 N–H and O–H groups in total. The molecule has 1 amide bonds. The minimum absolute atomic E-state index is 0.133. The number of thiocarbonyl (C=S) groups is 1. The molecule has 0 radical (unpaired) electrons. The largest absolute Gasteiger partial charge is 0.270 e. The number of hydrogen-bond acceptors (Lipinski definition) is 3. The summed E-state index contributed by atoms with van der Waals surface area (Å²) in [6.07, 6.45) is 1.90. The first kappa shape index (κ1) is 17.7. The molecule has 2 nitrogen and oxygen atoms in total. The van der Waals surface area contributed by atoms with Crippen LogP contribution in [0.25, 0.3) is 16.8 Å². The summed E-state index contributed by atoms with van der Waals surface area (Å²) in [7, 11) is 0. The molecule has 6 heteroatoms. The molecule has 0 aromatic heterocycles. The third-order valence-electron chi connectivity index (χ3n) is 4.07. The number of hydrogen-bond donors (Lipinski definition) is 0. The number of carbonyl (C=O) groups is 1. The molecule has 1 aliphatic heterocycles. The van der Waals surface area contributed by atoms with Gasteiger partial charge in [0.15, 0.2) is 4.32 Å². The van der Waals surface area contributed by atoms with Gasteiger partial charge in [0.1, 0.15) is 0 Å². The lowest BCUT2D eigenvalue weighted by Crippen LogP contribution is -2.27. The number of halogens is 2. The second-order valence-corrected chi connectivity index (χ2v) is 8.62. The van der Waals surface area contributed by atoms with E-state index in [0.29, 0.717) is 19.9 Å². The Morgan fingerprint density at radius 2 is 1.85 bits per heavy atom. The van der Waals surface area contributed by atoms with Gasteiger partial charge in [-0.15, -0.1) is 0 Å². The summed E-state index contributed by atoms with van der Waals surface area (Å²) in [6, 6.07) is 19.5. The first-order chi connectivity index (χ1) is 12.5. The first-order valence-corrected chi connectivity index (χ1v) is 10.1. The van der Waals surface area contributed by atoms with Crippen molar-refractivity contribution >= 4 is 84.3 Å². The lowest BCUT2D eigenvalue weighted by atomic mass is 10.0. The van der Waals surface area contributed by atoms with Crippen LogP contribution < -0.4 is 4.90 Å². The molecule has 3 aromatic rings. The van der Waals surface area contributed by atoms with Crippen molar-refractivity contribution in [2.45, 2.75) is 0 Å². The predicted octanol–water partition coefficient (Wildman–Crippen LogP) is 6.66. The normalized spacial score (nSPS) is 16.1. The lowest BCUT2D eigenvalue weighted by molar-refractivity contribution is -0.113. The standard InChI is InChI=1S/C20H11BrClNOS2/c21-16-9-8-14(11-17(16)22)23-19(24)18(26-20(23)25)10-13-6-3-5-12-4-1-2-7-15(12)13/h1-11H/b18-10+. The molecule has 0 atom stereocenters. The van der Waals surface area contributed by atoms with Crippen molar-refractivity contribution in [3.05, 3.63) is 80.6 Å². The van der Waals surface area contributed by atoms with Crippen molar-refractivity contribution < 1.29 is 4.79 Å². The van der Waals surface area contributed by atoms with E-state index in [1.54, 1.807) is 6.07 Å². The molecule has 3 aromatic carbocycles. The summed E-state index contributed by atoms with van der Waals surface area (Å²) in [5.41, 5.74) is 1.67. The molecule has 1 fully saturated rings. The van der Waals surface area contributed by atoms with Crippen molar-refractivity contribution in [1.82, 2.24) is 0 Å². The molecular weight excluding hydrogens is 450 g/mol. The number of carbonyl (C=O) groups excluding carboxylic acids is 1. The number of benzene rings is 3. The van der Waals surface area contributed by atoms with Gasteiger partial charge in [0.25, 0.3) is 5.91 Å². The first-order valence-electron chi connectivity index (χ1n) is 7.75. The van der Waals surface area contributed by atoms with Crippen LogP contribution in [0.1, 0.15) is 5.56 Å². The fraction of sp³-hybridized carbons (Fsp3) is 0. The van der Waals surface area contributed by atoms with E-state index in [9.17, 15) is 4.79 Å². The smallest absolute Gasteiger partial charge is 0.268 e. The highest BCUT2D eigenvalue weighted by molar-refractivity contribution is 9.10. The molecule has 0 saturated carbocycles. The molecule has 0 aliphatic carbocycles. The number of nitrogens with zero attached hydrogens (tertiary/aromatic N) is 1. The topological polar surface area (TPSA) is 20.3 Å². The van der Waals surface area contributed by atoms with E-state index in [4.69, 9.17) is 23.8 Å². The van der Waals surface area contributed by atoms with E-state index in [0.717, 1.165) is 20.8 Å². The Morgan fingerprint density at radius 1 is 1.08 bits per heavy atom. The maximum absolute atomic E-state index is 12.9. The minimum atomic E-state index is -0.133. The van der Waals surface area contributed by atoms with E-state index in [2.05, 4.69) is 34.1 Å². The minimum Gasteiger partial charge on any atom is -0.268 e. The monoisotopic (exact) mass is 459 g/mol. The van der Waals surface area contributed by atoms with Crippen molar-refractivity contribution in [1.29, 1.82) is 0 Å². The van der Waals surface area contributed by atoms with Crippen molar-refractivity contribution in [3.63, 3.8) is 0 Å². The van der Waals surface area contributed by atoms with Crippen molar-refractivity contribution in [3.8, 4) is 0 Å². The van der Waals surface area contributed by atoms with Gasteiger partial charge in [-0.25, -0.2) is 0 Å². The highest BCUT2D eigenvalue weighted by Gasteiger charge is 2.33. The van der Waals surface area contributed by atoms with Crippen LogP contribution in [0, 0.1) is 0 Å². The highest BCUT2D eigenvalue weighted by atomic mass is 79.9. The molecule has 1 aliphatic rings. The summed E-state index contributed by atoms with van der Waals surface area (Å²) >= 11 is 16.3. The zero-order valence-electron chi connectivity index (χ0n) is 13.3. The van der Waals surface area contributed by atoms with Gasteiger partial charge in [-0.05, 0) is 56.5 Å². The SMILES string of the molecule is O=C1/C(=C\c2cccc3ccccc23)SC(=S)N1c1ccc(Br)c(Cl)c1. The van der Waals surface area contributed by atoms with Gasteiger partial charge in [-0.1, -0.05) is 78.0 Å². The summed E-state index contributed by atoms with van der Waals surface area (Å²) in [5, 5.41) is 2.78. The van der Waals surface area contributed by atoms with Gasteiger partial charge >= 0.3 is 0 Å². The Morgan fingerprint density at radius 3 is 2.65 bits per heavy atom. The lowest BCUT2D eigenvalue weighted by Gasteiger charge is -2.15. The van der Waals surface area contributed by atoms with Crippen molar-refractivity contribution in [2.75, 3.05) is 4.90 Å². The number of fused-ring (bicyclic) bond motifs is 1. The Balaban J connectivity index is 1.75. The average molecular weight is 461 g/mol. The van der Waals surface area contributed by atoms with Crippen LogP contribution in [0.5, 0.6) is 0 Å². The Bertz CT molecular complexity index is 1090. The van der Waals surface area contributed by atoms with E-state index < -0.39 is 0 Å². The molecular formula is C20H11BrClNOS2. The quantitative estimate of drug-likeness (QED) is 0.315. The van der Waals surface area contributed by atoms with E-state index >= 15 is 0 Å². The molecule has 1 heterocycles. The fourth-order valence-electron chi connectivity index (χ4n) is 2.83. The predicted molar refractivity (Wildman–Crippen MR) is 119 cm³/mol. The molecule has 0 unspecified atom stereocenters. The maximum atomic E-state index is 12.9. The summed E-state index contributed by atoms with van der Waals surface area (Å²) in [4.78, 5) is 15.1. The second kappa shape index (κ2) is 7.16. The molecule has 4 rings (SSSR count). The van der Waals surface area contributed by atoms with Gasteiger partial charge in [0, 0.05) is 4.47 Å². The molecule has 26 heavy (non-hydrogen) atoms. The van der Waals surface area contributed by atoms with Gasteiger partial charge < -0.3 is 0 Å². The zero-order chi connectivity index (χ0) is 18.3. The maximum Gasteiger partial charge on any atom is 0.270 e. The number of thioether (sulfide) groups is 1. The van der Waals surface area contributed by atoms with Crippen LogP contribution in [-0.2, 0) is 4.79 Å². The average Bonchev–Trinajstić information content (AvgIpc) is 2.91. The van der Waals surface area contributed by atoms with Gasteiger partial charge in [-0.2, -0.15) is 0 Å². The fourth-order valence-corrected chi connectivity index (χ4v) is 4.54. The van der Waals surface area contributed by atoms with Crippen LogP contribution in [0.15, 0.2) is 70.0 Å². The zero-order valence-corrected chi connectivity index (χ0v) is 17.3. The molecule has 128 valence electrons. The van der Waals surface area contributed by atoms with Crippen LogP contribution in [0.2, 0.25) is 5.02 Å². The summed E-state index contributed by atoms with van der Waals surface area (Å²) in [5.74, 6) is -0.133. The van der Waals surface area contributed by atoms with E-state index in [1.807, 2.05) is 42.5 Å². The Labute approximate surface area is 174 Å². The Kier molecular flexibility index (Phi) is 4.88. The molecule has 0 spiro atoms. The van der Waals surface area contributed by atoms with E-state index in [-0.39, 0.29) is 5.91 Å². The second-order valence-electron chi connectivity index (χ2n) is 5.68. The third-order valence-corrected chi connectivity index (χ3v) is 6.60. The van der Waals surface area contributed by atoms with Gasteiger partial charge in [-0.3, -0.25) is 9.69 Å². The number of rotatable bonds is 2. The number of anilines is 1. The van der Waals surface area contributed by atoms with E-state index in [1.165, 1.54) is 16.7 Å². The van der Waals surface area contributed by atoms with Crippen LogP contribution in [0.4, 0.5) is 5.69 Å². The molecule has 0 bridgehead atoms. The third kappa shape index (κ3) is 3.21. The molecule has 1 saturated heterocycles. The van der Waals surface area contributed by atoms with Crippen LogP contribution in [-0.4, -0.2) is 10.2 Å². The van der Waals surface area contributed by atoms with Crippen LogP contribution in [0.3, 0.4) is 0 Å². The van der Waals surface area contributed by atoms with Crippen LogP contribution >= 0.6 is 51.5 Å². The summed E-state index contributed by atoms with van der Waals surface area (Å²) < 4.78 is 1.28.